The fraction of sp³-hybridized carbons (Fsp3) is 0.444. The van der Waals surface area contributed by atoms with Crippen LogP contribution in [0.4, 0.5) is 0 Å². The van der Waals surface area contributed by atoms with E-state index in [9.17, 15) is 0 Å². The van der Waals surface area contributed by atoms with Crippen molar-refractivity contribution in [1.29, 1.82) is 0 Å². The summed E-state index contributed by atoms with van der Waals surface area (Å²) in [5.74, 6) is 0. The molecule has 0 bridgehead atoms. The number of hydrogen-bond donors (Lipinski definition) is 1. The summed E-state index contributed by atoms with van der Waals surface area (Å²) in [5.41, 5.74) is 3.21. The highest BCUT2D eigenvalue weighted by Gasteiger charge is 2.41. The van der Waals surface area contributed by atoms with Crippen molar-refractivity contribution in [2.45, 2.75) is 43.6 Å². The van der Waals surface area contributed by atoms with Gasteiger partial charge >= 0.3 is 0 Å². The maximum atomic E-state index is 3.62. The van der Waals surface area contributed by atoms with Crippen molar-refractivity contribution in [3.05, 3.63) is 58.3 Å². The molecule has 1 saturated carbocycles. The lowest BCUT2D eigenvalue weighted by molar-refractivity contribution is 0.221. The van der Waals surface area contributed by atoms with Crippen molar-refractivity contribution in [1.82, 2.24) is 5.32 Å². The molecule has 0 amide bonds. The van der Waals surface area contributed by atoms with Crippen LogP contribution in [-0.4, -0.2) is 7.05 Å². The molecule has 1 aliphatic carbocycles. The summed E-state index contributed by atoms with van der Waals surface area (Å²) >= 11 is 1.80. The molecular formula is C18H23NS. The van der Waals surface area contributed by atoms with Gasteiger partial charge in [0.25, 0.3) is 0 Å². The average molecular weight is 285 g/mol. The van der Waals surface area contributed by atoms with Crippen LogP contribution in [0.2, 0.25) is 0 Å². The zero-order valence-electron chi connectivity index (χ0n) is 12.1. The molecule has 106 valence electrons. The Bertz CT molecular complexity index is 512. The Balaban J connectivity index is 2.05. The number of nitrogens with one attached hydrogen (secondary N) is 1. The van der Waals surface area contributed by atoms with E-state index in [0.717, 1.165) is 0 Å². The smallest absolute Gasteiger partial charge is 0.0424 e. The van der Waals surface area contributed by atoms with Crippen molar-refractivity contribution in [2.24, 2.45) is 0 Å². The third kappa shape index (κ3) is 2.43. The fourth-order valence-corrected chi connectivity index (χ4v) is 4.58. The second-order valence-electron chi connectivity index (χ2n) is 5.86. The van der Waals surface area contributed by atoms with Crippen LogP contribution < -0.4 is 5.32 Å². The lowest BCUT2D eigenvalue weighted by atomic mass is 9.63. The normalized spacial score (nSPS) is 19.6. The Kier molecular flexibility index (Phi) is 4.23. The predicted octanol–water partition coefficient (Wildman–Crippen LogP) is 4.91. The van der Waals surface area contributed by atoms with Gasteiger partial charge in [-0.3, -0.25) is 0 Å². The topological polar surface area (TPSA) is 12.0 Å². The van der Waals surface area contributed by atoms with E-state index in [0.29, 0.717) is 6.04 Å². The average Bonchev–Trinajstić information content (AvgIpc) is 3.04. The van der Waals surface area contributed by atoms with Crippen LogP contribution in [0.1, 0.15) is 49.3 Å². The first kappa shape index (κ1) is 13.8. The van der Waals surface area contributed by atoms with Crippen molar-refractivity contribution in [3.8, 4) is 0 Å². The summed E-state index contributed by atoms with van der Waals surface area (Å²) in [6.45, 7) is 0. The van der Waals surface area contributed by atoms with Gasteiger partial charge in [-0.1, -0.05) is 49.6 Å². The highest BCUT2D eigenvalue weighted by molar-refractivity contribution is 7.08. The molecule has 0 saturated heterocycles. The van der Waals surface area contributed by atoms with Crippen LogP contribution in [0.5, 0.6) is 0 Å². The molecule has 2 aromatic rings. The first-order chi connectivity index (χ1) is 9.87. The molecule has 0 spiro atoms. The number of likely N-dealkylation sites (N-methyl/N-ethyl adjacent to an activating group) is 1. The van der Waals surface area contributed by atoms with Crippen LogP contribution in [0.25, 0.3) is 0 Å². The minimum atomic E-state index is 0.259. The SMILES string of the molecule is CNC(c1ccsc1)C1(c2ccccc2)CCCCC1. The molecule has 1 fully saturated rings. The van der Waals surface area contributed by atoms with Crippen LogP contribution in [0, 0.1) is 0 Å². The van der Waals surface area contributed by atoms with Crippen molar-refractivity contribution < 1.29 is 0 Å². The standard InChI is InChI=1S/C18H23NS/c1-19-17(15-10-13-20-14-15)18(11-6-3-7-12-18)16-8-4-2-5-9-16/h2,4-5,8-10,13-14,17,19H,3,6-7,11-12H2,1H3. The van der Waals surface area contributed by atoms with Gasteiger partial charge in [-0.25, -0.2) is 0 Å². The monoisotopic (exact) mass is 285 g/mol. The summed E-state index contributed by atoms with van der Waals surface area (Å²) in [4.78, 5) is 0. The highest BCUT2D eigenvalue weighted by atomic mass is 32.1. The first-order valence-corrected chi connectivity index (χ1v) is 8.56. The van der Waals surface area contributed by atoms with Gasteiger partial charge in [0.2, 0.25) is 0 Å². The molecule has 1 heterocycles. The minimum Gasteiger partial charge on any atom is -0.312 e. The van der Waals surface area contributed by atoms with Gasteiger partial charge in [-0.05, 0) is 47.8 Å². The summed E-state index contributed by atoms with van der Waals surface area (Å²) in [5, 5.41) is 8.12. The minimum absolute atomic E-state index is 0.259. The highest BCUT2D eigenvalue weighted by Crippen LogP contribution is 2.48. The lowest BCUT2D eigenvalue weighted by Gasteiger charge is -2.44. The summed E-state index contributed by atoms with van der Waals surface area (Å²) < 4.78 is 0. The first-order valence-electron chi connectivity index (χ1n) is 7.62. The van der Waals surface area contributed by atoms with E-state index in [-0.39, 0.29) is 5.41 Å². The second-order valence-corrected chi connectivity index (χ2v) is 6.64. The van der Waals surface area contributed by atoms with E-state index in [1.165, 1.54) is 43.2 Å². The third-order valence-electron chi connectivity index (χ3n) is 4.81. The maximum Gasteiger partial charge on any atom is 0.0424 e. The Labute approximate surface area is 126 Å². The quantitative estimate of drug-likeness (QED) is 0.841. The zero-order valence-corrected chi connectivity index (χ0v) is 13.0. The largest absolute Gasteiger partial charge is 0.312 e. The molecule has 1 aromatic carbocycles. The van der Waals surface area contributed by atoms with Gasteiger partial charge in [0.15, 0.2) is 0 Å². The van der Waals surface area contributed by atoms with Gasteiger partial charge in [-0.15, -0.1) is 0 Å². The van der Waals surface area contributed by atoms with E-state index >= 15 is 0 Å². The molecule has 2 heteroatoms. The van der Waals surface area contributed by atoms with E-state index < -0.39 is 0 Å². The van der Waals surface area contributed by atoms with E-state index in [1.54, 1.807) is 11.3 Å². The molecule has 1 atom stereocenters. The molecule has 1 unspecified atom stereocenters. The molecular weight excluding hydrogens is 262 g/mol. The molecule has 1 aliphatic rings. The zero-order chi connectivity index (χ0) is 13.8. The number of benzene rings is 1. The maximum absolute atomic E-state index is 3.62. The fourth-order valence-electron chi connectivity index (χ4n) is 3.90. The Morgan fingerprint density at radius 2 is 1.80 bits per heavy atom. The second kappa shape index (κ2) is 6.11. The van der Waals surface area contributed by atoms with Gasteiger partial charge in [0.05, 0.1) is 0 Å². The molecule has 1 aromatic heterocycles. The Morgan fingerprint density at radius 1 is 1.05 bits per heavy atom. The third-order valence-corrected chi connectivity index (χ3v) is 5.51. The Morgan fingerprint density at radius 3 is 2.40 bits per heavy atom. The molecule has 20 heavy (non-hydrogen) atoms. The molecule has 0 radical (unpaired) electrons. The summed E-state index contributed by atoms with van der Waals surface area (Å²) in [6, 6.07) is 13.9. The number of rotatable bonds is 4. The van der Waals surface area contributed by atoms with Gasteiger partial charge in [0, 0.05) is 11.5 Å². The number of thiophene rings is 1. The van der Waals surface area contributed by atoms with Gasteiger partial charge < -0.3 is 5.32 Å². The Hall–Kier alpha value is -1.12. The van der Waals surface area contributed by atoms with Crippen molar-refractivity contribution in [3.63, 3.8) is 0 Å². The molecule has 1 nitrogen and oxygen atoms in total. The van der Waals surface area contributed by atoms with Crippen LogP contribution in [0.15, 0.2) is 47.2 Å². The van der Waals surface area contributed by atoms with E-state index in [4.69, 9.17) is 0 Å². The molecule has 1 N–H and O–H groups in total. The molecule has 0 aliphatic heterocycles. The van der Waals surface area contributed by atoms with E-state index in [2.05, 4.69) is 59.5 Å². The van der Waals surface area contributed by atoms with Crippen molar-refractivity contribution in [2.75, 3.05) is 7.05 Å². The van der Waals surface area contributed by atoms with Gasteiger partial charge in [-0.2, -0.15) is 11.3 Å². The predicted molar refractivity (Wildman–Crippen MR) is 87.3 cm³/mol. The summed E-state index contributed by atoms with van der Waals surface area (Å²) in [6.07, 6.45) is 6.65. The van der Waals surface area contributed by atoms with Crippen LogP contribution in [0.3, 0.4) is 0 Å². The van der Waals surface area contributed by atoms with E-state index in [1.807, 2.05) is 0 Å². The lowest BCUT2D eigenvalue weighted by Crippen LogP contribution is -2.41. The summed E-state index contributed by atoms with van der Waals surface area (Å²) in [7, 11) is 2.11. The number of hydrogen-bond acceptors (Lipinski definition) is 2. The van der Waals surface area contributed by atoms with Gasteiger partial charge in [0.1, 0.15) is 0 Å². The van der Waals surface area contributed by atoms with Crippen molar-refractivity contribution >= 4 is 11.3 Å². The van der Waals surface area contributed by atoms with Crippen LogP contribution >= 0.6 is 11.3 Å². The van der Waals surface area contributed by atoms with Crippen LogP contribution in [-0.2, 0) is 5.41 Å². The molecule has 3 rings (SSSR count).